The predicted octanol–water partition coefficient (Wildman–Crippen LogP) is 3.52. The lowest BCUT2D eigenvalue weighted by Gasteiger charge is -2.26. The molecule has 2 aromatic carbocycles. The van der Waals surface area contributed by atoms with E-state index in [1.165, 1.54) is 5.56 Å². The fourth-order valence-corrected chi connectivity index (χ4v) is 6.31. The maximum Gasteiger partial charge on any atom is 0.177 e. The second-order valence-electron chi connectivity index (χ2n) is 9.39. The van der Waals surface area contributed by atoms with E-state index < -0.39 is 0 Å². The van der Waals surface area contributed by atoms with Crippen molar-refractivity contribution >= 4 is 39.5 Å². The number of H-pyrrole nitrogens is 1. The van der Waals surface area contributed by atoms with E-state index in [0.29, 0.717) is 40.3 Å². The van der Waals surface area contributed by atoms with Crippen LogP contribution in [0.3, 0.4) is 0 Å². The minimum atomic E-state index is 0.0954. The number of nitrogens with one attached hydrogen (secondary N) is 1. The van der Waals surface area contributed by atoms with E-state index in [9.17, 15) is 0 Å². The smallest absolute Gasteiger partial charge is 0.177 e. The number of hydrogen-bond acceptors (Lipinski definition) is 6. The lowest BCUT2D eigenvalue weighted by molar-refractivity contribution is 0.553. The van der Waals surface area contributed by atoms with E-state index in [2.05, 4.69) is 50.5 Å². The van der Waals surface area contributed by atoms with Crippen LogP contribution < -0.4 is 10.6 Å². The molecule has 34 heavy (non-hydrogen) atoms. The SMILES string of the molecule is Cn1cc2c(Cl)c(-c3n[nH]c4nc(N5C[C@@H]6[C@H](C5)[C@]6(CN)c5ccccc5)cnc34)ccc2n1. The maximum atomic E-state index is 6.72. The van der Waals surface area contributed by atoms with E-state index in [0.717, 1.165) is 35.4 Å². The molecule has 0 bridgehead atoms. The van der Waals surface area contributed by atoms with Crippen molar-refractivity contribution < 1.29 is 0 Å². The van der Waals surface area contributed by atoms with Crippen LogP contribution in [0.4, 0.5) is 5.82 Å². The van der Waals surface area contributed by atoms with Crippen molar-refractivity contribution in [3.05, 3.63) is 65.4 Å². The van der Waals surface area contributed by atoms with E-state index in [1.807, 2.05) is 31.6 Å². The van der Waals surface area contributed by atoms with Crippen LogP contribution in [-0.4, -0.2) is 49.6 Å². The molecule has 3 N–H and O–H groups in total. The highest BCUT2D eigenvalue weighted by Crippen LogP contribution is 2.63. The summed E-state index contributed by atoms with van der Waals surface area (Å²) in [5.41, 5.74) is 11.5. The monoisotopic (exact) mass is 470 g/mol. The van der Waals surface area contributed by atoms with Crippen LogP contribution >= 0.6 is 11.6 Å². The second kappa shape index (κ2) is 7.01. The molecule has 0 radical (unpaired) electrons. The molecule has 0 amide bonds. The minimum Gasteiger partial charge on any atom is -0.355 e. The third-order valence-electron chi connectivity index (χ3n) is 7.76. The molecule has 7 rings (SSSR count). The average molecular weight is 471 g/mol. The summed E-state index contributed by atoms with van der Waals surface area (Å²) >= 11 is 6.72. The molecule has 1 saturated carbocycles. The number of aromatic nitrogens is 6. The number of piperidine rings is 1. The first-order chi connectivity index (χ1) is 16.6. The molecule has 170 valence electrons. The number of anilines is 1. The lowest BCUT2D eigenvalue weighted by Crippen LogP contribution is -2.35. The molecule has 5 aromatic rings. The summed E-state index contributed by atoms with van der Waals surface area (Å²) in [6.07, 6.45) is 3.75. The topological polar surface area (TPSA) is 102 Å². The van der Waals surface area contributed by atoms with Crippen LogP contribution in [-0.2, 0) is 12.5 Å². The Morgan fingerprint density at radius 1 is 1.15 bits per heavy atom. The Balaban J connectivity index is 1.19. The number of fused-ring (bicyclic) bond motifs is 3. The fraction of sp³-hybridized carbons (Fsp3) is 0.280. The highest BCUT2D eigenvalue weighted by molar-refractivity contribution is 6.38. The summed E-state index contributed by atoms with van der Waals surface area (Å²) in [7, 11) is 1.88. The van der Waals surface area contributed by atoms with Crippen LogP contribution in [0.25, 0.3) is 33.3 Å². The van der Waals surface area contributed by atoms with Crippen LogP contribution in [0, 0.1) is 11.8 Å². The summed E-state index contributed by atoms with van der Waals surface area (Å²) in [4.78, 5) is 11.9. The summed E-state index contributed by atoms with van der Waals surface area (Å²) in [6.45, 7) is 2.54. The first-order valence-corrected chi connectivity index (χ1v) is 11.8. The molecule has 2 fully saturated rings. The van der Waals surface area contributed by atoms with Crippen molar-refractivity contribution in [1.29, 1.82) is 0 Å². The number of aryl methyl sites for hydroxylation is 1. The minimum absolute atomic E-state index is 0.0954. The molecule has 1 aliphatic carbocycles. The van der Waals surface area contributed by atoms with Gasteiger partial charge in [0.2, 0.25) is 0 Å². The highest BCUT2D eigenvalue weighted by atomic mass is 35.5. The average Bonchev–Trinajstić information content (AvgIpc) is 3.31. The van der Waals surface area contributed by atoms with Crippen molar-refractivity contribution in [3.63, 3.8) is 0 Å². The Morgan fingerprint density at radius 2 is 1.94 bits per heavy atom. The number of nitrogens with two attached hydrogens (primary N) is 1. The number of aromatic amines is 1. The molecule has 2 aliphatic rings. The van der Waals surface area contributed by atoms with Gasteiger partial charge in [-0.25, -0.2) is 9.97 Å². The van der Waals surface area contributed by atoms with Crippen LogP contribution in [0.5, 0.6) is 0 Å². The predicted molar refractivity (Wildman–Crippen MR) is 133 cm³/mol. The number of hydrogen-bond donors (Lipinski definition) is 2. The third-order valence-corrected chi connectivity index (χ3v) is 8.17. The van der Waals surface area contributed by atoms with Crippen molar-refractivity contribution in [3.8, 4) is 11.3 Å². The zero-order valence-electron chi connectivity index (χ0n) is 18.6. The van der Waals surface area contributed by atoms with Gasteiger partial charge in [-0.1, -0.05) is 41.9 Å². The molecular weight excluding hydrogens is 448 g/mol. The summed E-state index contributed by atoms with van der Waals surface area (Å²) < 4.78 is 1.76. The van der Waals surface area contributed by atoms with E-state index in [4.69, 9.17) is 27.3 Å². The molecule has 1 saturated heterocycles. The maximum absolute atomic E-state index is 6.72. The zero-order valence-corrected chi connectivity index (χ0v) is 19.4. The quantitative estimate of drug-likeness (QED) is 0.416. The van der Waals surface area contributed by atoms with Gasteiger partial charge in [0.25, 0.3) is 0 Å². The van der Waals surface area contributed by atoms with Crippen molar-refractivity contribution in [2.45, 2.75) is 5.41 Å². The molecule has 0 spiro atoms. The Bertz CT molecular complexity index is 1540. The van der Waals surface area contributed by atoms with E-state index in [-0.39, 0.29) is 5.41 Å². The number of rotatable bonds is 4. The van der Waals surface area contributed by atoms with Gasteiger partial charge in [-0.15, -0.1) is 0 Å². The van der Waals surface area contributed by atoms with Gasteiger partial charge in [-0.2, -0.15) is 10.2 Å². The van der Waals surface area contributed by atoms with E-state index in [1.54, 1.807) is 4.68 Å². The van der Waals surface area contributed by atoms with E-state index >= 15 is 0 Å². The van der Waals surface area contributed by atoms with Gasteiger partial charge in [0.15, 0.2) is 5.65 Å². The van der Waals surface area contributed by atoms with Crippen molar-refractivity contribution in [2.75, 3.05) is 24.5 Å². The molecular formula is C25H23ClN8. The first kappa shape index (κ1) is 19.9. The standard InChI is InChI=1S/C25H23ClN8/c1-33-10-16-19(32-33)8-7-15(21(16)26)22-23-24(31-30-22)29-20(9-28-23)34-11-17-18(12-34)25(17,13-27)14-5-3-2-4-6-14/h2-10,17-18H,11-13,27H2,1H3,(H,29,30,31)/t17-,18+,25-. The van der Waals surface area contributed by atoms with Crippen LogP contribution in [0.1, 0.15) is 5.56 Å². The molecule has 4 heterocycles. The molecule has 8 nitrogen and oxygen atoms in total. The Labute approximate surface area is 200 Å². The first-order valence-electron chi connectivity index (χ1n) is 11.4. The van der Waals surface area contributed by atoms with Crippen molar-refractivity contribution in [2.24, 2.45) is 24.6 Å². The zero-order chi connectivity index (χ0) is 23.0. The molecule has 3 aromatic heterocycles. The van der Waals surface area contributed by atoms with Gasteiger partial charge in [0, 0.05) is 49.2 Å². The Morgan fingerprint density at radius 3 is 2.71 bits per heavy atom. The largest absolute Gasteiger partial charge is 0.355 e. The number of nitrogens with zero attached hydrogens (tertiary/aromatic N) is 6. The fourth-order valence-electron chi connectivity index (χ4n) is 6.01. The molecule has 0 unspecified atom stereocenters. The van der Waals surface area contributed by atoms with Gasteiger partial charge in [-0.05, 0) is 29.5 Å². The summed E-state index contributed by atoms with van der Waals surface area (Å²) in [5, 5.41) is 13.5. The third kappa shape index (κ3) is 2.63. The lowest BCUT2D eigenvalue weighted by atomic mass is 9.90. The van der Waals surface area contributed by atoms with Crippen LogP contribution in [0.15, 0.2) is 54.9 Å². The van der Waals surface area contributed by atoms with Gasteiger partial charge in [0.1, 0.15) is 17.0 Å². The highest BCUT2D eigenvalue weighted by Gasteiger charge is 2.68. The Kier molecular flexibility index (Phi) is 4.11. The normalized spacial score (nSPS) is 23.7. The van der Waals surface area contributed by atoms with Gasteiger partial charge in [0.05, 0.1) is 16.7 Å². The second-order valence-corrected chi connectivity index (χ2v) is 9.77. The van der Waals surface area contributed by atoms with Crippen molar-refractivity contribution in [1.82, 2.24) is 29.9 Å². The summed E-state index contributed by atoms with van der Waals surface area (Å²) in [5.74, 6) is 1.95. The number of benzene rings is 2. The molecule has 9 heteroatoms. The van der Waals surface area contributed by atoms with Gasteiger partial charge < -0.3 is 10.6 Å². The van der Waals surface area contributed by atoms with Crippen LogP contribution in [0.2, 0.25) is 5.02 Å². The van der Waals surface area contributed by atoms with Gasteiger partial charge in [-0.3, -0.25) is 9.78 Å². The molecule has 3 atom stereocenters. The number of halogens is 1. The Hall–Kier alpha value is -3.49. The summed E-state index contributed by atoms with van der Waals surface area (Å²) in [6, 6.07) is 14.6. The molecule has 1 aliphatic heterocycles. The van der Waals surface area contributed by atoms with Gasteiger partial charge >= 0.3 is 0 Å².